The second-order valence-corrected chi connectivity index (χ2v) is 5.96. The minimum Gasteiger partial charge on any atom is -0.481 e. The van der Waals surface area contributed by atoms with Gasteiger partial charge in [-0.3, -0.25) is 9.59 Å². The van der Waals surface area contributed by atoms with Crippen LogP contribution >= 0.6 is 11.3 Å². The minimum absolute atomic E-state index is 0.0202. The van der Waals surface area contributed by atoms with Gasteiger partial charge in [-0.1, -0.05) is 6.92 Å². The van der Waals surface area contributed by atoms with Crippen LogP contribution in [0.1, 0.15) is 42.5 Å². The first-order chi connectivity index (χ1) is 8.38. The number of hydrogen-bond acceptors (Lipinski definition) is 3. The predicted molar refractivity (Wildman–Crippen MR) is 71.6 cm³/mol. The van der Waals surface area contributed by atoms with Crippen LogP contribution in [-0.4, -0.2) is 17.0 Å². The molecule has 1 rings (SSSR count). The molecule has 5 heteroatoms. The van der Waals surface area contributed by atoms with E-state index in [9.17, 15) is 9.59 Å². The van der Waals surface area contributed by atoms with Crippen LogP contribution in [0.3, 0.4) is 0 Å². The maximum atomic E-state index is 11.7. The number of aryl methyl sites for hydroxylation is 1. The molecule has 0 fully saturated rings. The summed E-state index contributed by atoms with van der Waals surface area (Å²) in [6.45, 7) is 5.73. The van der Waals surface area contributed by atoms with Crippen molar-refractivity contribution in [2.75, 3.05) is 0 Å². The first-order valence-electron chi connectivity index (χ1n) is 5.96. The first kappa shape index (κ1) is 14.7. The summed E-state index contributed by atoms with van der Waals surface area (Å²) in [5.74, 6) is -1.10. The number of aliphatic carboxylic acids is 1. The fraction of sp³-hybridized carbons (Fsp3) is 0.538. The molecule has 0 aliphatic rings. The molecule has 0 aliphatic carbocycles. The molecule has 4 nitrogen and oxygen atoms in total. The van der Waals surface area contributed by atoms with Crippen LogP contribution < -0.4 is 5.32 Å². The van der Waals surface area contributed by atoms with Gasteiger partial charge in [-0.05, 0) is 31.9 Å². The van der Waals surface area contributed by atoms with Crippen LogP contribution in [0.5, 0.6) is 0 Å². The van der Waals surface area contributed by atoms with Crippen molar-refractivity contribution in [2.24, 2.45) is 5.92 Å². The molecule has 0 radical (unpaired) electrons. The summed E-state index contributed by atoms with van der Waals surface area (Å²) in [6.07, 6.45) is 0.279. The number of carbonyl (C=O) groups is 2. The van der Waals surface area contributed by atoms with Crippen LogP contribution in [0, 0.1) is 12.8 Å². The Bertz CT molecular complexity index is 428. The highest BCUT2D eigenvalue weighted by Crippen LogP contribution is 2.22. The number of carbonyl (C=O) groups excluding carboxylic acids is 1. The van der Waals surface area contributed by atoms with E-state index in [-0.39, 0.29) is 30.7 Å². The van der Waals surface area contributed by atoms with Gasteiger partial charge in [0.1, 0.15) is 0 Å². The van der Waals surface area contributed by atoms with Gasteiger partial charge in [0.25, 0.3) is 0 Å². The summed E-state index contributed by atoms with van der Waals surface area (Å²) in [6, 6.07) is 4.01. The fourth-order valence-corrected chi connectivity index (χ4v) is 2.62. The molecule has 1 aromatic rings. The molecule has 0 aliphatic heterocycles. The maximum Gasteiger partial charge on any atom is 0.303 e. The summed E-state index contributed by atoms with van der Waals surface area (Å²) in [7, 11) is 0. The Morgan fingerprint density at radius 1 is 1.33 bits per heavy atom. The lowest BCUT2D eigenvalue weighted by Gasteiger charge is -2.14. The van der Waals surface area contributed by atoms with E-state index in [2.05, 4.69) is 5.32 Å². The van der Waals surface area contributed by atoms with E-state index in [0.29, 0.717) is 0 Å². The van der Waals surface area contributed by atoms with Gasteiger partial charge in [0.15, 0.2) is 0 Å². The van der Waals surface area contributed by atoms with Crippen LogP contribution in [0.2, 0.25) is 0 Å². The average Bonchev–Trinajstić information content (AvgIpc) is 2.62. The number of rotatable bonds is 6. The quantitative estimate of drug-likeness (QED) is 0.834. The molecule has 0 aromatic carbocycles. The molecule has 0 spiro atoms. The highest BCUT2D eigenvalue weighted by molar-refractivity contribution is 7.12. The summed E-state index contributed by atoms with van der Waals surface area (Å²) >= 11 is 1.66. The van der Waals surface area contributed by atoms with E-state index >= 15 is 0 Å². The Hall–Kier alpha value is -1.36. The molecule has 100 valence electrons. The number of amides is 1. The second kappa shape index (κ2) is 6.54. The zero-order valence-electron chi connectivity index (χ0n) is 10.9. The number of carboxylic acid groups (broad SMARTS) is 1. The molecule has 0 saturated carbocycles. The van der Waals surface area contributed by atoms with Gasteiger partial charge in [-0.15, -0.1) is 11.3 Å². The van der Waals surface area contributed by atoms with Crippen molar-refractivity contribution in [1.29, 1.82) is 0 Å². The Labute approximate surface area is 111 Å². The topological polar surface area (TPSA) is 66.4 Å². The van der Waals surface area contributed by atoms with Crippen molar-refractivity contribution in [3.8, 4) is 0 Å². The maximum absolute atomic E-state index is 11.7. The number of hydrogen-bond donors (Lipinski definition) is 2. The third-order valence-electron chi connectivity index (χ3n) is 2.62. The van der Waals surface area contributed by atoms with E-state index in [1.807, 2.05) is 26.0 Å². The third-order valence-corrected chi connectivity index (χ3v) is 3.81. The van der Waals surface area contributed by atoms with Crippen molar-refractivity contribution < 1.29 is 14.7 Å². The molecule has 1 amide bonds. The summed E-state index contributed by atoms with van der Waals surface area (Å²) in [5, 5.41) is 11.5. The van der Waals surface area contributed by atoms with Gasteiger partial charge in [0.2, 0.25) is 5.91 Å². The predicted octanol–water partition coefficient (Wildman–Crippen LogP) is 2.73. The Kier molecular flexibility index (Phi) is 5.34. The van der Waals surface area contributed by atoms with Gasteiger partial charge >= 0.3 is 5.97 Å². The van der Waals surface area contributed by atoms with E-state index in [1.165, 1.54) is 4.88 Å². The molecular formula is C13H19NO3S. The van der Waals surface area contributed by atoms with Crippen LogP contribution in [0.4, 0.5) is 0 Å². The minimum atomic E-state index is -0.864. The Balaban J connectivity index is 2.42. The molecule has 0 saturated heterocycles. The van der Waals surface area contributed by atoms with Crippen LogP contribution in [-0.2, 0) is 9.59 Å². The third kappa shape index (κ3) is 4.87. The molecule has 18 heavy (non-hydrogen) atoms. The van der Waals surface area contributed by atoms with E-state index in [0.717, 1.165) is 4.88 Å². The zero-order valence-corrected chi connectivity index (χ0v) is 11.7. The van der Waals surface area contributed by atoms with Crippen molar-refractivity contribution in [2.45, 2.75) is 39.7 Å². The van der Waals surface area contributed by atoms with Gasteiger partial charge in [0.05, 0.1) is 6.04 Å². The molecular weight excluding hydrogens is 250 g/mol. The van der Waals surface area contributed by atoms with Gasteiger partial charge in [0, 0.05) is 22.6 Å². The molecule has 1 aromatic heterocycles. The highest BCUT2D eigenvalue weighted by Gasteiger charge is 2.15. The summed E-state index contributed by atoms with van der Waals surface area (Å²) in [5.41, 5.74) is 0. The molecule has 0 bridgehead atoms. The van der Waals surface area contributed by atoms with Gasteiger partial charge < -0.3 is 10.4 Å². The number of thiophene rings is 1. The number of carboxylic acids is 1. The number of nitrogens with one attached hydrogen (secondary N) is 1. The molecule has 2 N–H and O–H groups in total. The lowest BCUT2D eigenvalue weighted by atomic mass is 10.0. The molecule has 2 unspecified atom stereocenters. The van der Waals surface area contributed by atoms with Crippen molar-refractivity contribution in [3.05, 3.63) is 21.9 Å². The zero-order chi connectivity index (χ0) is 13.7. The van der Waals surface area contributed by atoms with Gasteiger partial charge in [-0.2, -0.15) is 0 Å². The van der Waals surface area contributed by atoms with Crippen LogP contribution in [0.25, 0.3) is 0 Å². The fourth-order valence-electron chi connectivity index (χ4n) is 1.74. The first-order valence-corrected chi connectivity index (χ1v) is 6.77. The highest BCUT2D eigenvalue weighted by atomic mass is 32.1. The molecule has 1 heterocycles. The SMILES string of the molecule is Cc1ccc(C(C)NC(=O)CC(C)CC(=O)O)s1. The average molecular weight is 269 g/mol. The lowest BCUT2D eigenvalue weighted by Crippen LogP contribution is -2.27. The van der Waals surface area contributed by atoms with E-state index < -0.39 is 5.97 Å². The van der Waals surface area contributed by atoms with E-state index in [4.69, 9.17) is 5.11 Å². The lowest BCUT2D eigenvalue weighted by molar-refractivity contribution is -0.138. The molecule has 2 atom stereocenters. The van der Waals surface area contributed by atoms with Crippen molar-refractivity contribution >= 4 is 23.2 Å². The standard InChI is InChI=1S/C13H19NO3S/c1-8(7-13(16)17)6-12(15)14-10(3)11-5-4-9(2)18-11/h4-5,8,10H,6-7H2,1-3H3,(H,14,15)(H,16,17). The van der Waals surface area contributed by atoms with E-state index in [1.54, 1.807) is 18.3 Å². The monoisotopic (exact) mass is 269 g/mol. The van der Waals surface area contributed by atoms with Crippen LogP contribution in [0.15, 0.2) is 12.1 Å². The largest absolute Gasteiger partial charge is 0.481 e. The Morgan fingerprint density at radius 3 is 2.50 bits per heavy atom. The van der Waals surface area contributed by atoms with Crippen molar-refractivity contribution in [3.63, 3.8) is 0 Å². The van der Waals surface area contributed by atoms with Crippen molar-refractivity contribution in [1.82, 2.24) is 5.32 Å². The summed E-state index contributed by atoms with van der Waals surface area (Å²) < 4.78 is 0. The normalized spacial score (nSPS) is 13.9. The Morgan fingerprint density at radius 2 is 2.00 bits per heavy atom. The second-order valence-electron chi connectivity index (χ2n) is 4.64. The summed E-state index contributed by atoms with van der Waals surface area (Å²) in [4.78, 5) is 24.6. The smallest absolute Gasteiger partial charge is 0.303 e. The van der Waals surface area contributed by atoms with Gasteiger partial charge in [-0.25, -0.2) is 0 Å².